The molecule has 2 rings (SSSR count). The molecular formula is C17H18BrClIN. The molecule has 1 unspecified atom stereocenters. The van der Waals surface area contributed by atoms with Crippen LogP contribution in [0.4, 0.5) is 0 Å². The Balaban J connectivity index is 2.32. The number of halogens is 3. The average molecular weight is 479 g/mol. The number of rotatable bonds is 5. The third-order valence-electron chi connectivity index (χ3n) is 3.42. The lowest BCUT2D eigenvalue weighted by molar-refractivity contribution is 0.547. The molecule has 0 aliphatic carbocycles. The van der Waals surface area contributed by atoms with Gasteiger partial charge < -0.3 is 5.32 Å². The summed E-state index contributed by atoms with van der Waals surface area (Å²) >= 11 is 12.4. The molecular weight excluding hydrogens is 460 g/mol. The smallest absolute Gasteiger partial charge is 0.0441 e. The number of hydrogen-bond acceptors (Lipinski definition) is 1. The van der Waals surface area contributed by atoms with Gasteiger partial charge in [-0.25, -0.2) is 0 Å². The normalized spacial score (nSPS) is 12.4. The van der Waals surface area contributed by atoms with Gasteiger partial charge in [-0.3, -0.25) is 0 Å². The second-order valence-corrected chi connectivity index (χ2v) is 7.58. The van der Waals surface area contributed by atoms with Gasteiger partial charge in [-0.1, -0.05) is 46.6 Å². The summed E-state index contributed by atoms with van der Waals surface area (Å²) in [7, 11) is 0. The van der Waals surface area contributed by atoms with Gasteiger partial charge in [0.2, 0.25) is 0 Å². The van der Waals surface area contributed by atoms with Gasteiger partial charge in [0.15, 0.2) is 0 Å². The Labute approximate surface area is 153 Å². The van der Waals surface area contributed by atoms with Gasteiger partial charge in [0.25, 0.3) is 0 Å². The topological polar surface area (TPSA) is 12.0 Å². The molecule has 112 valence electrons. The van der Waals surface area contributed by atoms with Gasteiger partial charge in [0.05, 0.1) is 0 Å². The molecule has 1 atom stereocenters. The van der Waals surface area contributed by atoms with Crippen molar-refractivity contribution in [2.45, 2.75) is 26.3 Å². The van der Waals surface area contributed by atoms with Crippen molar-refractivity contribution in [3.05, 3.63) is 66.2 Å². The first kappa shape index (κ1) is 17.3. The molecule has 0 spiro atoms. The van der Waals surface area contributed by atoms with Crippen LogP contribution in [0.2, 0.25) is 5.02 Å². The van der Waals surface area contributed by atoms with Crippen LogP contribution in [0.25, 0.3) is 0 Å². The van der Waals surface area contributed by atoms with E-state index >= 15 is 0 Å². The van der Waals surface area contributed by atoms with E-state index in [0.717, 1.165) is 22.5 Å². The second kappa shape index (κ2) is 7.95. The highest BCUT2D eigenvalue weighted by Gasteiger charge is 2.16. The molecule has 1 N–H and O–H groups in total. The lowest BCUT2D eigenvalue weighted by Crippen LogP contribution is -2.23. The molecule has 4 heteroatoms. The van der Waals surface area contributed by atoms with Gasteiger partial charge in [0, 0.05) is 19.1 Å². The zero-order valence-corrected chi connectivity index (χ0v) is 16.6. The molecule has 0 bridgehead atoms. The Bertz CT molecular complexity index is 630. The molecule has 21 heavy (non-hydrogen) atoms. The van der Waals surface area contributed by atoms with Gasteiger partial charge in [0.1, 0.15) is 0 Å². The maximum Gasteiger partial charge on any atom is 0.0441 e. The Morgan fingerprint density at radius 2 is 2.00 bits per heavy atom. The van der Waals surface area contributed by atoms with Crippen LogP contribution in [-0.2, 0) is 6.42 Å². The summed E-state index contributed by atoms with van der Waals surface area (Å²) in [5.41, 5.74) is 3.65. The maximum absolute atomic E-state index is 6.39. The van der Waals surface area contributed by atoms with E-state index in [-0.39, 0.29) is 6.04 Å². The SMILES string of the molecule is CCNC(Cc1ccc(C)cc1Cl)c1cc(I)ccc1Br. The predicted octanol–water partition coefficient (Wildman–Crippen LogP) is 5.91. The van der Waals surface area contributed by atoms with Crippen molar-refractivity contribution in [2.24, 2.45) is 0 Å². The van der Waals surface area contributed by atoms with Crippen LogP contribution in [0.5, 0.6) is 0 Å². The summed E-state index contributed by atoms with van der Waals surface area (Å²) in [5, 5.41) is 4.41. The molecule has 0 aliphatic heterocycles. The fourth-order valence-electron chi connectivity index (χ4n) is 2.36. The van der Waals surface area contributed by atoms with Gasteiger partial charge in [-0.2, -0.15) is 0 Å². The fourth-order valence-corrected chi connectivity index (χ4v) is 3.71. The zero-order chi connectivity index (χ0) is 15.4. The summed E-state index contributed by atoms with van der Waals surface area (Å²) in [6.45, 7) is 5.12. The third-order valence-corrected chi connectivity index (χ3v) is 5.16. The summed E-state index contributed by atoms with van der Waals surface area (Å²) in [4.78, 5) is 0. The van der Waals surface area contributed by atoms with E-state index in [4.69, 9.17) is 11.6 Å². The minimum Gasteiger partial charge on any atom is -0.310 e. The fraction of sp³-hybridized carbons (Fsp3) is 0.294. The largest absolute Gasteiger partial charge is 0.310 e. The van der Waals surface area contributed by atoms with Crippen LogP contribution in [0.3, 0.4) is 0 Å². The summed E-state index contributed by atoms with van der Waals surface area (Å²) in [6, 6.07) is 13.0. The van der Waals surface area contributed by atoms with E-state index in [9.17, 15) is 0 Å². The molecule has 2 aromatic carbocycles. The monoisotopic (exact) mass is 477 g/mol. The Kier molecular flexibility index (Phi) is 6.53. The molecule has 0 heterocycles. The molecule has 2 aromatic rings. The van der Waals surface area contributed by atoms with E-state index in [1.54, 1.807) is 0 Å². The average Bonchev–Trinajstić information content (AvgIpc) is 2.44. The van der Waals surface area contributed by atoms with Crippen molar-refractivity contribution in [2.75, 3.05) is 6.54 Å². The molecule has 0 aliphatic rings. The number of benzene rings is 2. The minimum atomic E-state index is 0.249. The van der Waals surface area contributed by atoms with Crippen molar-refractivity contribution in [3.63, 3.8) is 0 Å². The molecule has 0 saturated carbocycles. The summed E-state index contributed by atoms with van der Waals surface area (Å²) < 4.78 is 2.38. The molecule has 1 nitrogen and oxygen atoms in total. The molecule has 0 aromatic heterocycles. The van der Waals surface area contributed by atoms with Gasteiger partial charge in [-0.05, 0) is 83.4 Å². The number of hydrogen-bond donors (Lipinski definition) is 1. The standard InChI is InChI=1S/C17H18BrClIN/c1-3-21-17(14-10-13(20)6-7-15(14)18)9-12-5-4-11(2)8-16(12)19/h4-8,10,17,21H,3,9H2,1-2H3. The van der Waals surface area contributed by atoms with Crippen molar-refractivity contribution < 1.29 is 0 Å². The van der Waals surface area contributed by atoms with Crippen molar-refractivity contribution in [3.8, 4) is 0 Å². The molecule has 0 amide bonds. The van der Waals surface area contributed by atoms with Crippen molar-refractivity contribution in [1.82, 2.24) is 5.32 Å². The van der Waals surface area contributed by atoms with Crippen LogP contribution >= 0.6 is 50.1 Å². The van der Waals surface area contributed by atoms with E-state index in [0.29, 0.717) is 0 Å². The van der Waals surface area contributed by atoms with Gasteiger partial charge >= 0.3 is 0 Å². The van der Waals surface area contributed by atoms with E-state index in [1.165, 1.54) is 20.3 Å². The van der Waals surface area contributed by atoms with Crippen LogP contribution in [0.1, 0.15) is 29.7 Å². The molecule has 0 saturated heterocycles. The zero-order valence-electron chi connectivity index (χ0n) is 12.1. The third kappa shape index (κ3) is 4.68. The number of aryl methyl sites for hydroxylation is 1. The number of nitrogens with one attached hydrogen (secondary N) is 1. The predicted molar refractivity (Wildman–Crippen MR) is 103 cm³/mol. The Hall–Kier alpha value is -0.100. The maximum atomic E-state index is 6.39. The van der Waals surface area contributed by atoms with Crippen LogP contribution in [-0.4, -0.2) is 6.54 Å². The minimum absolute atomic E-state index is 0.249. The Morgan fingerprint density at radius 3 is 2.67 bits per heavy atom. The second-order valence-electron chi connectivity index (χ2n) is 5.08. The lowest BCUT2D eigenvalue weighted by atomic mass is 9.98. The lowest BCUT2D eigenvalue weighted by Gasteiger charge is -2.21. The highest BCUT2D eigenvalue weighted by Crippen LogP contribution is 2.30. The van der Waals surface area contributed by atoms with E-state index in [2.05, 4.69) is 88.0 Å². The van der Waals surface area contributed by atoms with E-state index in [1.807, 2.05) is 6.07 Å². The van der Waals surface area contributed by atoms with Crippen LogP contribution in [0.15, 0.2) is 40.9 Å². The highest BCUT2D eigenvalue weighted by atomic mass is 127. The van der Waals surface area contributed by atoms with Gasteiger partial charge in [-0.15, -0.1) is 0 Å². The summed E-state index contributed by atoms with van der Waals surface area (Å²) in [5.74, 6) is 0. The Morgan fingerprint density at radius 1 is 1.24 bits per heavy atom. The first-order valence-corrected chi connectivity index (χ1v) is 9.19. The van der Waals surface area contributed by atoms with Crippen molar-refractivity contribution >= 4 is 50.1 Å². The molecule has 0 fully saturated rings. The quantitative estimate of drug-likeness (QED) is 0.527. The summed E-state index contributed by atoms with van der Waals surface area (Å²) in [6.07, 6.45) is 0.881. The highest BCUT2D eigenvalue weighted by molar-refractivity contribution is 14.1. The number of likely N-dealkylation sites (N-methyl/N-ethyl adjacent to an activating group) is 1. The van der Waals surface area contributed by atoms with Crippen LogP contribution in [0, 0.1) is 10.5 Å². The first-order chi connectivity index (χ1) is 10.0. The van der Waals surface area contributed by atoms with Crippen LogP contribution < -0.4 is 5.32 Å². The van der Waals surface area contributed by atoms with E-state index < -0.39 is 0 Å². The first-order valence-electron chi connectivity index (χ1n) is 6.94. The van der Waals surface area contributed by atoms with Crippen molar-refractivity contribution in [1.29, 1.82) is 0 Å². The molecule has 0 radical (unpaired) electrons.